The molecule has 156 valence electrons. The number of amides is 1. The summed E-state index contributed by atoms with van der Waals surface area (Å²) in [7, 11) is 1.85. The zero-order valence-corrected chi connectivity index (χ0v) is 19.5. The summed E-state index contributed by atoms with van der Waals surface area (Å²) >= 11 is 0. The van der Waals surface area contributed by atoms with Gasteiger partial charge in [-0.15, -0.1) is 24.0 Å². The fraction of sp³-hybridized carbons (Fsp3) is 0.905. The molecule has 3 aliphatic rings. The Bertz CT molecular complexity index is 493. The molecule has 6 heteroatoms. The van der Waals surface area contributed by atoms with Gasteiger partial charge in [-0.05, 0) is 43.9 Å². The minimum atomic E-state index is 0. The number of aliphatic imine (C=N–C) groups is 1. The summed E-state index contributed by atoms with van der Waals surface area (Å²) < 4.78 is 0. The Morgan fingerprint density at radius 1 is 1.07 bits per heavy atom. The van der Waals surface area contributed by atoms with Crippen LogP contribution in [0.15, 0.2) is 4.99 Å². The molecule has 0 bridgehead atoms. The van der Waals surface area contributed by atoms with Gasteiger partial charge in [0.15, 0.2) is 5.96 Å². The van der Waals surface area contributed by atoms with Crippen molar-refractivity contribution in [2.45, 2.75) is 77.2 Å². The van der Waals surface area contributed by atoms with E-state index in [-0.39, 0.29) is 29.9 Å². The highest BCUT2D eigenvalue weighted by molar-refractivity contribution is 14.0. The Morgan fingerprint density at radius 3 is 2.56 bits per heavy atom. The number of rotatable bonds is 4. The van der Waals surface area contributed by atoms with Crippen molar-refractivity contribution in [1.29, 1.82) is 0 Å². The van der Waals surface area contributed by atoms with Crippen molar-refractivity contribution in [3.05, 3.63) is 0 Å². The number of carbonyl (C=O) groups excluding carboxylic acids is 1. The van der Waals surface area contributed by atoms with E-state index in [0.717, 1.165) is 56.7 Å². The zero-order valence-electron chi connectivity index (χ0n) is 17.2. The predicted octanol–water partition coefficient (Wildman–Crippen LogP) is 3.78. The van der Waals surface area contributed by atoms with E-state index >= 15 is 0 Å². The number of guanidine groups is 1. The van der Waals surface area contributed by atoms with Crippen LogP contribution in [0.3, 0.4) is 0 Å². The summed E-state index contributed by atoms with van der Waals surface area (Å²) in [4.78, 5) is 19.2. The second-order valence-corrected chi connectivity index (χ2v) is 8.84. The van der Waals surface area contributed by atoms with Crippen molar-refractivity contribution < 1.29 is 4.79 Å². The normalized spacial score (nSPS) is 29.9. The van der Waals surface area contributed by atoms with Crippen LogP contribution < -0.4 is 10.6 Å². The lowest BCUT2D eigenvalue weighted by Gasteiger charge is -2.28. The molecule has 0 aromatic carbocycles. The second-order valence-electron chi connectivity index (χ2n) is 8.84. The Balaban J connectivity index is 0.00000261. The number of carbonyl (C=O) groups is 1. The van der Waals surface area contributed by atoms with E-state index in [2.05, 4.69) is 27.4 Å². The van der Waals surface area contributed by atoms with Crippen LogP contribution in [0.5, 0.6) is 0 Å². The van der Waals surface area contributed by atoms with Gasteiger partial charge in [-0.1, -0.05) is 39.0 Å². The molecule has 0 spiro atoms. The van der Waals surface area contributed by atoms with Gasteiger partial charge in [0, 0.05) is 38.6 Å². The number of nitrogens with one attached hydrogen (secondary N) is 2. The highest BCUT2D eigenvalue weighted by atomic mass is 127. The molecule has 3 atom stereocenters. The third-order valence-electron chi connectivity index (χ3n) is 6.62. The topological polar surface area (TPSA) is 56.7 Å². The first-order chi connectivity index (χ1) is 12.7. The lowest BCUT2D eigenvalue weighted by molar-refractivity contribution is -0.135. The molecule has 3 unspecified atom stereocenters. The van der Waals surface area contributed by atoms with Gasteiger partial charge in [-0.3, -0.25) is 9.79 Å². The first-order valence-electron chi connectivity index (χ1n) is 10.9. The summed E-state index contributed by atoms with van der Waals surface area (Å²) in [5.41, 5.74) is 0. The minimum Gasteiger partial charge on any atom is -0.356 e. The van der Waals surface area contributed by atoms with Gasteiger partial charge in [0.25, 0.3) is 0 Å². The van der Waals surface area contributed by atoms with Crippen molar-refractivity contribution in [2.75, 3.05) is 26.7 Å². The number of hydrogen-bond donors (Lipinski definition) is 2. The predicted molar refractivity (Wildman–Crippen MR) is 123 cm³/mol. The Labute approximate surface area is 182 Å². The summed E-state index contributed by atoms with van der Waals surface area (Å²) in [6.07, 6.45) is 12.4. The van der Waals surface area contributed by atoms with Crippen LogP contribution in [0.25, 0.3) is 0 Å². The first-order valence-corrected chi connectivity index (χ1v) is 10.9. The fourth-order valence-corrected chi connectivity index (χ4v) is 5.06. The van der Waals surface area contributed by atoms with Crippen LogP contribution in [0.2, 0.25) is 0 Å². The lowest BCUT2D eigenvalue weighted by atomic mass is 9.82. The summed E-state index contributed by atoms with van der Waals surface area (Å²) in [5.74, 6) is 3.21. The molecule has 2 N–H and O–H groups in total. The van der Waals surface area contributed by atoms with Crippen molar-refractivity contribution >= 4 is 35.8 Å². The molecule has 0 aromatic rings. The molecule has 5 nitrogen and oxygen atoms in total. The molecule has 0 radical (unpaired) electrons. The number of nitrogens with zero attached hydrogens (tertiary/aromatic N) is 2. The maximum atomic E-state index is 12.7. The monoisotopic (exact) mass is 490 g/mol. The quantitative estimate of drug-likeness (QED) is 0.358. The third-order valence-corrected chi connectivity index (χ3v) is 6.62. The number of hydrogen-bond acceptors (Lipinski definition) is 2. The Hall–Kier alpha value is -0.530. The molecule has 27 heavy (non-hydrogen) atoms. The molecular weight excluding hydrogens is 451 g/mol. The van der Waals surface area contributed by atoms with E-state index in [9.17, 15) is 4.79 Å². The zero-order chi connectivity index (χ0) is 18.4. The van der Waals surface area contributed by atoms with Crippen LogP contribution in [-0.4, -0.2) is 49.5 Å². The largest absolute Gasteiger partial charge is 0.356 e. The minimum absolute atomic E-state index is 0. The number of likely N-dealkylation sites (tertiary alicyclic amines) is 1. The van der Waals surface area contributed by atoms with E-state index < -0.39 is 0 Å². The SMILES string of the molecule is CN=C(NCC1CCCC(C)C1)NC1CCN(C(=O)C2CCCCC2)C1.I. The van der Waals surface area contributed by atoms with Gasteiger partial charge in [0.2, 0.25) is 5.91 Å². The van der Waals surface area contributed by atoms with E-state index in [1.165, 1.54) is 44.9 Å². The molecule has 0 aromatic heterocycles. The van der Waals surface area contributed by atoms with Crippen molar-refractivity contribution in [1.82, 2.24) is 15.5 Å². The first kappa shape index (κ1) is 22.8. The highest BCUT2D eigenvalue weighted by Crippen LogP contribution is 2.28. The van der Waals surface area contributed by atoms with Crippen molar-refractivity contribution in [3.8, 4) is 0 Å². The summed E-state index contributed by atoms with van der Waals surface area (Å²) in [6, 6.07) is 0.332. The van der Waals surface area contributed by atoms with E-state index in [0.29, 0.717) is 11.9 Å². The standard InChI is InChI=1S/C21H38N4O.HI/c1-16-7-6-8-17(13-16)14-23-21(22-2)24-19-11-12-25(15-19)20(26)18-9-4-3-5-10-18;/h16-19H,3-15H2,1-2H3,(H2,22,23,24);1H. The average Bonchev–Trinajstić information content (AvgIpc) is 3.14. The average molecular weight is 490 g/mol. The van der Waals surface area contributed by atoms with E-state index in [1.807, 2.05) is 7.05 Å². The second kappa shape index (κ2) is 11.5. The lowest BCUT2D eigenvalue weighted by Crippen LogP contribution is -2.46. The van der Waals surface area contributed by atoms with Crippen LogP contribution in [-0.2, 0) is 4.79 Å². The Morgan fingerprint density at radius 2 is 1.85 bits per heavy atom. The molecule has 3 rings (SSSR count). The van der Waals surface area contributed by atoms with Gasteiger partial charge in [0.05, 0.1) is 0 Å². The highest BCUT2D eigenvalue weighted by Gasteiger charge is 2.31. The Kier molecular flexibility index (Phi) is 9.66. The van der Waals surface area contributed by atoms with Gasteiger partial charge < -0.3 is 15.5 Å². The maximum Gasteiger partial charge on any atom is 0.225 e. The van der Waals surface area contributed by atoms with Crippen LogP contribution in [0.1, 0.15) is 71.1 Å². The van der Waals surface area contributed by atoms with Gasteiger partial charge >= 0.3 is 0 Å². The molecule has 1 aliphatic heterocycles. The fourth-order valence-electron chi connectivity index (χ4n) is 5.06. The molecule has 2 aliphatic carbocycles. The van der Waals surface area contributed by atoms with E-state index in [4.69, 9.17) is 0 Å². The van der Waals surface area contributed by atoms with Gasteiger partial charge in [-0.25, -0.2) is 0 Å². The molecule has 1 heterocycles. The molecule has 3 fully saturated rings. The van der Waals surface area contributed by atoms with Crippen LogP contribution >= 0.6 is 24.0 Å². The molecule has 1 amide bonds. The van der Waals surface area contributed by atoms with E-state index in [1.54, 1.807) is 0 Å². The maximum absolute atomic E-state index is 12.7. The van der Waals surface area contributed by atoms with Crippen molar-refractivity contribution in [3.63, 3.8) is 0 Å². The number of halogens is 1. The smallest absolute Gasteiger partial charge is 0.225 e. The van der Waals surface area contributed by atoms with Gasteiger partial charge in [-0.2, -0.15) is 0 Å². The molecular formula is C21H39IN4O. The molecule has 1 saturated heterocycles. The third kappa shape index (κ3) is 6.79. The van der Waals surface area contributed by atoms with Crippen LogP contribution in [0.4, 0.5) is 0 Å². The summed E-state index contributed by atoms with van der Waals surface area (Å²) in [6.45, 7) is 5.11. The molecule has 2 saturated carbocycles. The summed E-state index contributed by atoms with van der Waals surface area (Å²) in [5, 5.41) is 7.08. The van der Waals surface area contributed by atoms with Gasteiger partial charge in [0.1, 0.15) is 0 Å². The van der Waals surface area contributed by atoms with Crippen molar-refractivity contribution in [2.24, 2.45) is 22.7 Å². The van der Waals surface area contributed by atoms with Crippen LogP contribution in [0, 0.1) is 17.8 Å².